The van der Waals surface area contributed by atoms with E-state index >= 15 is 0 Å². The number of nitrogens with one attached hydrogen (secondary N) is 1. The third-order valence-electron chi connectivity index (χ3n) is 3.77. The van der Waals surface area contributed by atoms with Crippen molar-refractivity contribution in [3.63, 3.8) is 0 Å². The predicted molar refractivity (Wildman–Crippen MR) is 71.4 cm³/mol. The normalized spacial score (nSPS) is 18.6. The van der Waals surface area contributed by atoms with Gasteiger partial charge in [-0.05, 0) is 37.5 Å². The summed E-state index contributed by atoms with van der Waals surface area (Å²) in [5, 5.41) is 3.59. The zero-order valence-corrected chi connectivity index (χ0v) is 11.2. The van der Waals surface area contributed by atoms with Crippen molar-refractivity contribution in [2.45, 2.75) is 51.1 Å². The van der Waals surface area contributed by atoms with E-state index < -0.39 is 0 Å². The van der Waals surface area contributed by atoms with E-state index in [0.29, 0.717) is 11.8 Å². The van der Waals surface area contributed by atoms with E-state index in [2.05, 4.69) is 12.2 Å². The van der Waals surface area contributed by atoms with E-state index in [4.69, 9.17) is 4.74 Å². The fraction of sp³-hybridized carbons (Fsp3) is 0.600. The maximum Gasteiger partial charge on any atom is 0.165 e. The Morgan fingerprint density at radius 3 is 2.61 bits per heavy atom. The summed E-state index contributed by atoms with van der Waals surface area (Å²) in [5.41, 5.74) is 0.985. The van der Waals surface area contributed by atoms with Gasteiger partial charge in [0.25, 0.3) is 0 Å². The molecule has 1 fully saturated rings. The van der Waals surface area contributed by atoms with Crippen LogP contribution in [0.5, 0.6) is 5.75 Å². The molecule has 0 bridgehead atoms. The molecule has 0 spiro atoms. The summed E-state index contributed by atoms with van der Waals surface area (Å²) in [4.78, 5) is 0. The molecule has 1 aliphatic rings. The number of halogens is 1. The van der Waals surface area contributed by atoms with Crippen molar-refractivity contribution in [3.05, 3.63) is 29.6 Å². The van der Waals surface area contributed by atoms with Gasteiger partial charge in [0.1, 0.15) is 0 Å². The van der Waals surface area contributed by atoms with E-state index in [-0.39, 0.29) is 11.9 Å². The van der Waals surface area contributed by atoms with E-state index in [1.165, 1.54) is 39.2 Å². The fourth-order valence-electron chi connectivity index (χ4n) is 2.67. The number of hydrogen-bond acceptors (Lipinski definition) is 2. The lowest BCUT2D eigenvalue weighted by Gasteiger charge is -2.27. The van der Waals surface area contributed by atoms with Crippen molar-refractivity contribution in [2.75, 3.05) is 7.11 Å². The molecule has 0 heterocycles. The van der Waals surface area contributed by atoms with Crippen LogP contribution in [0.2, 0.25) is 0 Å². The standard InChI is InChI=1S/C15H22FNO/c1-11(17-13-6-4-3-5-7-13)12-8-9-15(18-2)14(16)10-12/h8-11,13,17H,3-7H2,1-2H3/t11-/m1/s1. The smallest absolute Gasteiger partial charge is 0.165 e. The Labute approximate surface area is 109 Å². The van der Waals surface area contributed by atoms with Crippen molar-refractivity contribution in [1.82, 2.24) is 5.32 Å². The molecule has 2 rings (SSSR count). The van der Waals surface area contributed by atoms with Gasteiger partial charge in [-0.2, -0.15) is 0 Å². The molecule has 1 aromatic carbocycles. The second-order valence-corrected chi connectivity index (χ2v) is 5.12. The van der Waals surface area contributed by atoms with Gasteiger partial charge in [0, 0.05) is 12.1 Å². The van der Waals surface area contributed by atoms with Gasteiger partial charge in [0.2, 0.25) is 0 Å². The number of rotatable bonds is 4. The van der Waals surface area contributed by atoms with Crippen LogP contribution in [0.15, 0.2) is 18.2 Å². The van der Waals surface area contributed by atoms with E-state index in [1.807, 2.05) is 6.07 Å². The second kappa shape index (κ2) is 6.19. The highest BCUT2D eigenvalue weighted by Crippen LogP contribution is 2.24. The number of methoxy groups -OCH3 is 1. The molecule has 0 aliphatic heterocycles. The first-order chi connectivity index (χ1) is 8.70. The van der Waals surface area contributed by atoms with Crippen LogP contribution in [0.25, 0.3) is 0 Å². The highest BCUT2D eigenvalue weighted by molar-refractivity contribution is 5.30. The van der Waals surface area contributed by atoms with Crippen molar-refractivity contribution in [3.8, 4) is 5.75 Å². The Hall–Kier alpha value is -1.09. The second-order valence-electron chi connectivity index (χ2n) is 5.12. The minimum atomic E-state index is -0.285. The summed E-state index contributed by atoms with van der Waals surface area (Å²) in [6.45, 7) is 2.09. The molecule has 3 heteroatoms. The average Bonchev–Trinajstić information content (AvgIpc) is 2.39. The molecule has 0 aromatic heterocycles. The van der Waals surface area contributed by atoms with Gasteiger partial charge in [-0.1, -0.05) is 25.3 Å². The van der Waals surface area contributed by atoms with Crippen molar-refractivity contribution >= 4 is 0 Å². The van der Waals surface area contributed by atoms with Gasteiger partial charge >= 0.3 is 0 Å². The molecule has 0 saturated heterocycles. The first kappa shape index (κ1) is 13.3. The van der Waals surface area contributed by atoms with Gasteiger partial charge < -0.3 is 10.1 Å². The number of benzene rings is 1. The summed E-state index contributed by atoms with van der Waals surface area (Å²) in [6, 6.07) is 5.97. The molecule has 1 atom stereocenters. The molecule has 1 saturated carbocycles. The largest absolute Gasteiger partial charge is 0.494 e. The van der Waals surface area contributed by atoms with Crippen LogP contribution < -0.4 is 10.1 Å². The summed E-state index contributed by atoms with van der Waals surface area (Å²) in [5.74, 6) is 0.0240. The average molecular weight is 251 g/mol. The first-order valence-electron chi connectivity index (χ1n) is 6.80. The molecule has 18 heavy (non-hydrogen) atoms. The number of ether oxygens (including phenoxy) is 1. The molecule has 0 unspecified atom stereocenters. The maximum atomic E-state index is 13.6. The van der Waals surface area contributed by atoms with Gasteiger partial charge in [0.05, 0.1) is 7.11 Å². The molecule has 2 nitrogen and oxygen atoms in total. The monoisotopic (exact) mass is 251 g/mol. The lowest BCUT2D eigenvalue weighted by atomic mass is 9.94. The van der Waals surface area contributed by atoms with E-state index in [9.17, 15) is 4.39 Å². The Bertz CT molecular complexity index is 388. The van der Waals surface area contributed by atoms with Gasteiger partial charge in [-0.3, -0.25) is 0 Å². The highest BCUT2D eigenvalue weighted by Gasteiger charge is 2.17. The number of hydrogen-bond donors (Lipinski definition) is 1. The fourth-order valence-corrected chi connectivity index (χ4v) is 2.67. The molecule has 0 radical (unpaired) electrons. The van der Waals surface area contributed by atoms with E-state index in [0.717, 1.165) is 5.56 Å². The maximum absolute atomic E-state index is 13.6. The van der Waals surface area contributed by atoms with Crippen LogP contribution in [0.1, 0.15) is 50.6 Å². The van der Waals surface area contributed by atoms with Crippen LogP contribution in [0, 0.1) is 5.82 Å². The zero-order valence-electron chi connectivity index (χ0n) is 11.2. The summed E-state index contributed by atoms with van der Waals surface area (Å²) >= 11 is 0. The molecular formula is C15H22FNO. The van der Waals surface area contributed by atoms with Gasteiger partial charge in [0.15, 0.2) is 11.6 Å². The molecule has 1 aromatic rings. The minimum absolute atomic E-state index is 0.188. The Morgan fingerprint density at radius 1 is 1.28 bits per heavy atom. The summed E-state index contributed by atoms with van der Waals surface area (Å²) < 4.78 is 18.6. The van der Waals surface area contributed by atoms with Gasteiger partial charge in [-0.15, -0.1) is 0 Å². The van der Waals surface area contributed by atoms with Crippen molar-refractivity contribution in [1.29, 1.82) is 0 Å². The summed E-state index contributed by atoms with van der Waals surface area (Å²) in [6.07, 6.45) is 6.44. The predicted octanol–water partition coefficient (Wildman–Crippen LogP) is 3.82. The summed E-state index contributed by atoms with van der Waals surface area (Å²) in [7, 11) is 1.49. The van der Waals surface area contributed by atoms with Crippen molar-refractivity contribution < 1.29 is 9.13 Å². The molecule has 100 valence electrons. The van der Waals surface area contributed by atoms with Crippen LogP contribution in [-0.4, -0.2) is 13.2 Å². The van der Waals surface area contributed by atoms with E-state index in [1.54, 1.807) is 12.1 Å². The third kappa shape index (κ3) is 3.22. The lowest BCUT2D eigenvalue weighted by Crippen LogP contribution is -2.33. The minimum Gasteiger partial charge on any atom is -0.494 e. The zero-order chi connectivity index (χ0) is 13.0. The third-order valence-corrected chi connectivity index (χ3v) is 3.77. The van der Waals surface area contributed by atoms with Crippen LogP contribution in [0.3, 0.4) is 0 Å². The van der Waals surface area contributed by atoms with Crippen LogP contribution in [0.4, 0.5) is 4.39 Å². The van der Waals surface area contributed by atoms with Crippen LogP contribution >= 0.6 is 0 Å². The Balaban J connectivity index is 1.99. The Kier molecular flexibility index (Phi) is 4.59. The SMILES string of the molecule is COc1ccc([C@@H](C)NC2CCCCC2)cc1F. The van der Waals surface area contributed by atoms with Gasteiger partial charge in [-0.25, -0.2) is 4.39 Å². The molecule has 1 N–H and O–H groups in total. The molecule has 1 aliphatic carbocycles. The Morgan fingerprint density at radius 2 is 2.00 bits per heavy atom. The highest BCUT2D eigenvalue weighted by atomic mass is 19.1. The topological polar surface area (TPSA) is 21.3 Å². The lowest BCUT2D eigenvalue weighted by molar-refractivity contribution is 0.345. The van der Waals surface area contributed by atoms with Crippen LogP contribution in [-0.2, 0) is 0 Å². The first-order valence-corrected chi connectivity index (χ1v) is 6.80. The molecule has 0 amide bonds. The quantitative estimate of drug-likeness (QED) is 0.878. The molecular weight excluding hydrogens is 229 g/mol. The van der Waals surface area contributed by atoms with Crippen molar-refractivity contribution in [2.24, 2.45) is 0 Å².